The second-order valence-electron chi connectivity index (χ2n) is 8.25. The van der Waals surface area contributed by atoms with Crippen LogP contribution in [0, 0.1) is 0 Å². The predicted molar refractivity (Wildman–Crippen MR) is 114 cm³/mol. The van der Waals surface area contributed by atoms with Crippen LogP contribution in [0.2, 0.25) is 0 Å². The number of hydrogen-bond donors (Lipinski definition) is 1. The predicted octanol–water partition coefficient (Wildman–Crippen LogP) is 2.71. The van der Waals surface area contributed by atoms with Crippen LogP contribution in [0.1, 0.15) is 17.4 Å². The van der Waals surface area contributed by atoms with Crippen molar-refractivity contribution in [3.8, 4) is 0 Å². The first-order valence-electron chi connectivity index (χ1n) is 10.5. The van der Waals surface area contributed by atoms with Crippen LogP contribution in [0.5, 0.6) is 0 Å². The molecule has 2 bridgehead atoms. The van der Waals surface area contributed by atoms with Crippen LogP contribution < -0.4 is 5.56 Å². The lowest BCUT2D eigenvalue weighted by atomic mass is 9.79. The minimum absolute atomic E-state index is 0.153. The summed E-state index contributed by atoms with van der Waals surface area (Å²) in [4.78, 5) is 12.5. The van der Waals surface area contributed by atoms with Crippen molar-refractivity contribution in [1.29, 1.82) is 0 Å². The summed E-state index contributed by atoms with van der Waals surface area (Å²) in [6.45, 7) is 0.752. The summed E-state index contributed by atoms with van der Waals surface area (Å²) < 4.78 is 20.0. The molecule has 2 aliphatic rings. The standard InChI is InChI=1S/C25H25NO5/c27-21-13-7-8-14-26(21)23-22-25(28,15-19-9-3-1-4-10-19)24(31-23,18-30-22)17-29-16-20-11-5-2-6-12-20/h1-14,22-23,28H,15-18H2/t22-,23+,24-,25-/m0/s1. The monoisotopic (exact) mass is 419 g/mol. The number of aromatic nitrogens is 1. The molecule has 3 heterocycles. The fraction of sp³-hybridized carbons (Fsp3) is 0.320. The highest BCUT2D eigenvalue weighted by Gasteiger charge is 2.71. The minimum Gasteiger partial charge on any atom is -0.383 e. The van der Waals surface area contributed by atoms with E-state index < -0.39 is 23.5 Å². The third-order valence-corrected chi connectivity index (χ3v) is 6.25. The fourth-order valence-corrected chi connectivity index (χ4v) is 4.62. The molecule has 5 rings (SSSR count). The Morgan fingerprint density at radius 2 is 1.65 bits per heavy atom. The molecule has 31 heavy (non-hydrogen) atoms. The highest BCUT2D eigenvalue weighted by molar-refractivity contribution is 5.26. The summed E-state index contributed by atoms with van der Waals surface area (Å²) in [6, 6.07) is 24.5. The number of ether oxygens (including phenoxy) is 3. The smallest absolute Gasteiger partial charge is 0.252 e. The Hall–Kier alpha value is -2.77. The van der Waals surface area contributed by atoms with Crippen molar-refractivity contribution < 1.29 is 19.3 Å². The molecular weight excluding hydrogens is 394 g/mol. The molecule has 4 atom stereocenters. The Morgan fingerprint density at radius 3 is 2.35 bits per heavy atom. The van der Waals surface area contributed by atoms with Crippen molar-refractivity contribution >= 4 is 0 Å². The molecule has 3 aromatic rings. The van der Waals surface area contributed by atoms with Gasteiger partial charge in [-0.3, -0.25) is 9.36 Å². The van der Waals surface area contributed by atoms with Crippen LogP contribution in [0.25, 0.3) is 0 Å². The van der Waals surface area contributed by atoms with Crippen molar-refractivity contribution in [2.24, 2.45) is 0 Å². The first-order valence-corrected chi connectivity index (χ1v) is 10.5. The van der Waals surface area contributed by atoms with Crippen molar-refractivity contribution in [3.05, 3.63) is 107 Å². The van der Waals surface area contributed by atoms with Gasteiger partial charge in [0.1, 0.15) is 17.3 Å². The third-order valence-electron chi connectivity index (χ3n) is 6.25. The van der Waals surface area contributed by atoms with Gasteiger partial charge in [0.05, 0.1) is 19.8 Å². The van der Waals surface area contributed by atoms with Crippen LogP contribution in [0.3, 0.4) is 0 Å². The van der Waals surface area contributed by atoms with Gasteiger partial charge in [-0.1, -0.05) is 66.7 Å². The molecule has 2 aromatic carbocycles. The number of benzene rings is 2. The second kappa shape index (κ2) is 8.05. The summed E-state index contributed by atoms with van der Waals surface area (Å²) in [5.74, 6) is 0. The Bertz CT molecular complexity index is 1090. The van der Waals surface area contributed by atoms with Gasteiger partial charge in [0.2, 0.25) is 0 Å². The summed E-state index contributed by atoms with van der Waals surface area (Å²) in [5.41, 5.74) is -0.619. The number of pyridine rings is 1. The SMILES string of the molecule is O=c1ccccn1[C@@H]1O[C@@]2(COCc3ccccc3)CO[C@@H]1[C@@]2(O)Cc1ccccc1. The lowest BCUT2D eigenvalue weighted by Gasteiger charge is -2.35. The van der Waals surface area contributed by atoms with E-state index in [1.165, 1.54) is 10.6 Å². The Labute approximate surface area is 180 Å². The van der Waals surface area contributed by atoms with Gasteiger partial charge in [0.15, 0.2) is 6.23 Å². The molecular formula is C25H25NO5. The van der Waals surface area contributed by atoms with Gasteiger partial charge in [-0.2, -0.15) is 0 Å². The first-order chi connectivity index (χ1) is 15.1. The van der Waals surface area contributed by atoms with Crippen molar-refractivity contribution in [2.45, 2.75) is 36.6 Å². The van der Waals surface area contributed by atoms with E-state index in [4.69, 9.17) is 14.2 Å². The van der Waals surface area contributed by atoms with Crippen LogP contribution in [-0.4, -0.2) is 40.2 Å². The zero-order chi connectivity index (χ0) is 21.3. The number of hydrogen-bond acceptors (Lipinski definition) is 5. The van der Waals surface area contributed by atoms with E-state index in [-0.39, 0.29) is 18.8 Å². The van der Waals surface area contributed by atoms with Gasteiger partial charge < -0.3 is 19.3 Å². The van der Waals surface area contributed by atoms with E-state index in [1.807, 2.05) is 60.7 Å². The Balaban J connectivity index is 1.45. The van der Waals surface area contributed by atoms with Gasteiger partial charge >= 0.3 is 0 Å². The van der Waals surface area contributed by atoms with Crippen LogP contribution in [0.4, 0.5) is 0 Å². The molecule has 0 saturated carbocycles. The number of aliphatic hydroxyl groups is 1. The topological polar surface area (TPSA) is 69.9 Å². The zero-order valence-corrected chi connectivity index (χ0v) is 17.1. The largest absolute Gasteiger partial charge is 0.383 e. The molecule has 2 saturated heterocycles. The molecule has 1 N–H and O–H groups in total. The molecule has 6 nitrogen and oxygen atoms in total. The number of nitrogens with zero attached hydrogens (tertiary/aromatic N) is 1. The number of rotatable bonds is 7. The Kier molecular flexibility index (Phi) is 5.24. The summed E-state index contributed by atoms with van der Waals surface area (Å²) in [5, 5.41) is 12.0. The second-order valence-corrected chi connectivity index (χ2v) is 8.25. The zero-order valence-electron chi connectivity index (χ0n) is 17.1. The van der Waals surface area contributed by atoms with E-state index >= 15 is 0 Å². The van der Waals surface area contributed by atoms with E-state index in [0.717, 1.165) is 11.1 Å². The van der Waals surface area contributed by atoms with Gasteiger partial charge in [0, 0.05) is 18.7 Å². The first kappa shape index (κ1) is 20.2. The molecule has 0 spiro atoms. The van der Waals surface area contributed by atoms with Crippen LogP contribution in [-0.2, 0) is 27.2 Å². The normalized spacial score (nSPS) is 29.3. The maximum absolute atomic E-state index is 12.5. The van der Waals surface area contributed by atoms with Crippen molar-refractivity contribution in [1.82, 2.24) is 4.57 Å². The summed E-state index contributed by atoms with van der Waals surface area (Å²) in [7, 11) is 0. The molecule has 0 aliphatic carbocycles. The molecule has 160 valence electrons. The highest BCUT2D eigenvalue weighted by Crippen LogP contribution is 2.53. The van der Waals surface area contributed by atoms with Crippen LogP contribution in [0.15, 0.2) is 89.9 Å². The van der Waals surface area contributed by atoms with Crippen molar-refractivity contribution in [2.75, 3.05) is 13.2 Å². The molecule has 0 unspecified atom stereocenters. The molecule has 0 amide bonds. The van der Waals surface area contributed by atoms with Crippen molar-refractivity contribution in [3.63, 3.8) is 0 Å². The quantitative estimate of drug-likeness (QED) is 0.638. The fourth-order valence-electron chi connectivity index (χ4n) is 4.62. The average Bonchev–Trinajstić information content (AvgIpc) is 3.19. The lowest BCUT2D eigenvalue weighted by Crippen LogP contribution is -2.56. The Morgan fingerprint density at radius 1 is 0.968 bits per heavy atom. The number of fused-ring (bicyclic) bond motifs is 2. The average molecular weight is 419 g/mol. The van der Waals surface area contributed by atoms with E-state index in [1.54, 1.807) is 18.3 Å². The van der Waals surface area contributed by atoms with E-state index in [2.05, 4.69) is 0 Å². The maximum Gasteiger partial charge on any atom is 0.252 e. The minimum atomic E-state index is -1.34. The lowest BCUT2D eigenvalue weighted by molar-refractivity contribution is -0.201. The third kappa shape index (κ3) is 3.51. The van der Waals surface area contributed by atoms with E-state index in [9.17, 15) is 9.90 Å². The summed E-state index contributed by atoms with van der Waals surface area (Å²) in [6.07, 6.45) is 0.591. The summed E-state index contributed by atoms with van der Waals surface area (Å²) >= 11 is 0. The maximum atomic E-state index is 12.5. The highest BCUT2D eigenvalue weighted by atomic mass is 16.7. The molecule has 6 heteroatoms. The van der Waals surface area contributed by atoms with Gasteiger partial charge in [0.25, 0.3) is 5.56 Å². The van der Waals surface area contributed by atoms with Gasteiger partial charge in [-0.25, -0.2) is 0 Å². The van der Waals surface area contributed by atoms with E-state index in [0.29, 0.717) is 13.0 Å². The molecule has 2 fully saturated rings. The molecule has 1 aromatic heterocycles. The van der Waals surface area contributed by atoms with Gasteiger partial charge in [-0.05, 0) is 17.2 Å². The van der Waals surface area contributed by atoms with Crippen LogP contribution >= 0.6 is 0 Å². The van der Waals surface area contributed by atoms with Gasteiger partial charge in [-0.15, -0.1) is 0 Å². The molecule has 2 aliphatic heterocycles. The molecule has 0 radical (unpaired) electrons.